The molecule has 2 rings (SSSR count). The van der Waals surface area contributed by atoms with Crippen LogP contribution in [0.1, 0.15) is 61.5 Å². The summed E-state index contributed by atoms with van der Waals surface area (Å²) in [7, 11) is 0. The maximum Gasteiger partial charge on any atom is 0.179 e. The lowest BCUT2D eigenvalue weighted by Gasteiger charge is -2.41. The first kappa shape index (κ1) is 16.2. The molecule has 1 aromatic carbocycles. The van der Waals surface area contributed by atoms with Crippen LogP contribution in [0.2, 0.25) is 0 Å². The topological polar surface area (TPSA) is 20.3 Å². The van der Waals surface area contributed by atoms with Crippen molar-refractivity contribution in [2.45, 2.75) is 59.9 Å². The minimum Gasteiger partial charge on any atom is -0.293 e. The van der Waals surface area contributed by atoms with Crippen LogP contribution >= 0.6 is 0 Å². The van der Waals surface area contributed by atoms with E-state index in [2.05, 4.69) is 45.6 Å². The van der Waals surface area contributed by atoms with Crippen LogP contribution in [-0.2, 0) is 0 Å². The molecule has 1 heterocycles. The van der Waals surface area contributed by atoms with Crippen molar-refractivity contribution < 1.29 is 4.79 Å². The SMILES string of the molecule is CCC1(C)CCN(C(C)C(=O)c2ccc(C)c(C)c2)CC1. The molecule has 1 aliphatic rings. The Morgan fingerprint density at radius 2 is 1.86 bits per heavy atom. The van der Waals surface area contributed by atoms with Crippen molar-refractivity contribution in [3.63, 3.8) is 0 Å². The second-order valence-electron chi connectivity index (χ2n) is 7.04. The number of nitrogens with zero attached hydrogens (tertiary/aromatic N) is 1. The van der Waals surface area contributed by atoms with E-state index in [-0.39, 0.29) is 11.8 Å². The summed E-state index contributed by atoms with van der Waals surface area (Å²) in [6.45, 7) is 13.0. The van der Waals surface area contributed by atoms with Crippen molar-refractivity contribution in [2.24, 2.45) is 5.41 Å². The van der Waals surface area contributed by atoms with E-state index in [1.54, 1.807) is 0 Å². The predicted octanol–water partition coefficient (Wildman–Crippen LogP) is 4.39. The van der Waals surface area contributed by atoms with Crippen LogP contribution in [0.4, 0.5) is 0 Å². The van der Waals surface area contributed by atoms with E-state index < -0.39 is 0 Å². The molecule has 1 atom stereocenters. The van der Waals surface area contributed by atoms with E-state index in [0.717, 1.165) is 18.7 Å². The minimum atomic E-state index is -0.00601. The Bertz CT molecular complexity index is 512. The van der Waals surface area contributed by atoms with Crippen LogP contribution in [0.25, 0.3) is 0 Å². The van der Waals surface area contributed by atoms with Gasteiger partial charge >= 0.3 is 0 Å². The van der Waals surface area contributed by atoms with Crippen LogP contribution < -0.4 is 0 Å². The molecule has 1 aromatic rings. The van der Waals surface area contributed by atoms with Crippen LogP contribution in [0, 0.1) is 19.3 Å². The largest absolute Gasteiger partial charge is 0.293 e. The lowest BCUT2D eigenvalue weighted by molar-refractivity contribution is 0.0642. The van der Waals surface area contributed by atoms with Crippen molar-refractivity contribution in [1.82, 2.24) is 4.90 Å². The second kappa shape index (κ2) is 6.31. The number of aryl methyl sites for hydroxylation is 2. The monoisotopic (exact) mass is 287 g/mol. The van der Waals surface area contributed by atoms with Gasteiger partial charge in [0.25, 0.3) is 0 Å². The quantitative estimate of drug-likeness (QED) is 0.766. The third-order valence-electron chi connectivity index (χ3n) is 5.58. The Kier molecular flexibility index (Phi) is 4.88. The number of hydrogen-bond donors (Lipinski definition) is 0. The number of piperidine rings is 1. The van der Waals surface area contributed by atoms with Gasteiger partial charge in [-0.05, 0) is 69.3 Å². The fraction of sp³-hybridized carbons (Fsp3) is 0.632. The summed E-state index contributed by atoms with van der Waals surface area (Å²) in [6.07, 6.45) is 3.64. The summed E-state index contributed by atoms with van der Waals surface area (Å²) < 4.78 is 0. The zero-order valence-corrected chi connectivity index (χ0v) is 14.2. The first-order valence-corrected chi connectivity index (χ1v) is 8.22. The highest BCUT2D eigenvalue weighted by Crippen LogP contribution is 2.34. The lowest BCUT2D eigenvalue weighted by atomic mass is 9.78. The Labute approximate surface area is 129 Å². The summed E-state index contributed by atoms with van der Waals surface area (Å²) in [5.41, 5.74) is 3.77. The normalized spacial score (nSPS) is 20.2. The lowest BCUT2D eigenvalue weighted by Crippen LogP contribution is -2.46. The van der Waals surface area contributed by atoms with E-state index in [0.29, 0.717) is 5.41 Å². The Hall–Kier alpha value is -1.15. The van der Waals surface area contributed by atoms with Crippen molar-refractivity contribution >= 4 is 5.78 Å². The van der Waals surface area contributed by atoms with Gasteiger partial charge in [0.1, 0.15) is 0 Å². The molecule has 1 aliphatic heterocycles. The maximum atomic E-state index is 12.7. The zero-order valence-electron chi connectivity index (χ0n) is 14.2. The van der Waals surface area contributed by atoms with Gasteiger partial charge < -0.3 is 0 Å². The van der Waals surface area contributed by atoms with Crippen molar-refractivity contribution in [1.29, 1.82) is 0 Å². The number of ketones is 1. The number of rotatable bonds is 4. The molecular formula is C19H29NO. The Morgan fingerprint density at radius 1 is 1.24 bits per heavy atom. The van der Waals surface area contributed by atoms with Gasteiger partial charge in [-0.1, -0.05) is 32.4 Å². The first-order valence-electron chi connectivity index (χ1n) is 8.22. The van der Waals surface area contributed by atoms with Crippen LogP contribution in [0.5, 0.6) is 0 Å². The number of benzene rings is 1. The molecule has 21 heavy (non-hydrogen) atoms. The second-order valence-corrected chi connectivity index (χ2v) is 7.04. The molecule has 0 radical (unpaired) electrons. The average molecular weight is 287 g/mol. The molecule has 0 N–H and O–H groups in total. The summed E-state index contributed by atoms with van der Waals surface area (Å²) >= 11 is 0. The van der Waals surface area contributed by atoms with E-state index in [1.807, 2.05) is 12.1 Å². The highest BCUT2D eigenvalue weighted by molar-refractivity contribution is 6.00. The molecule has 1 unspecified atom stereocenters. The Balaban J connectivity index is 2.05. The molecule has 0 spiro atoms. The third kappa shape index (κ3) is 3.55. The van der Waals surface area contributed by atoms with Gasteiger partial charge in [0, 0.05) is 5.56 Å². The summed E-state index contributed by atoms with van der Waals surface area (Å²) in [5, 5.41) is 0. The first-order chi connectivity index (χ1) is 9.86. The van der Waals surface area contributed by atoms with E-state index >= 15 is 0 Å². The third-order valence-corrected chi connectivity index (χ3v) is 5.58. The minimum absolute atomic E-state index is 0.00601. The number of hydrogen-bond acceptors (Lipinski definition) is 2. The summed E-state index contributed by atoms with van der Waals surface area (Å²) in [5.74, 6) is 0.262. The summed E-state index contributed by atoms with van der Waals surface area (Å²) in [4.78, 5) is 15.1. The number of likely N-dealkylation sites (tertiary alicyclic amines) is 1. The molecule has 0 aromatic heterocycles. The molecule has 0 amide bonds. The van der Waals surface area contributed by atoms with Gasteiger partial charge in [0.05, 0.1) is 6.04 Å². The predicted molar refractivity (Wildman–Crippen MR) is 88.9 cm³/mol. The molecule has 116 valence electrons. The van der Waals surface area contributed by atoms with Gasteiger partial charge in [-0.25, -0.2) is 0 Å². The molecular weight excluding hydrogens is 258 g/mol. The van der Waals surface area contributed by atoms with Crippen LogP contribution in [0.3, 0.4) is 0 Å². The maximum absolute atomic E-state index is 12.7. The summed E-state index contributed by atoms with van der Waals surface area (Å²) in [6, 6.07) is 6.06. The van der Waals surface area contributed by atoms with Crippen LogP contribution in [0.15, 0.2) is 18.2 Å². The van der Waals surface area contributed by atoms with Crippen molar-refractivity contribution in [2.75, 3.05) is 13.1 Å². The van der Waals surface area contributed by atoms with E-state index in [9.17, 15) is 4.79 Å². The highest BCUT2D eigenvalue weighted by Gasteiger charge is 2.32. The molecule has 2 nitrogen and oxygen atoms in total. The smallest absolute Gasteiger partial charge is 0.179 e. The fourth-order valence-corrected chi connectivity index (χ4v) is 3.11. The van der Waals surface area contributed by atoms with E-state index in [4.69, 9.17) is 0 Å². The molecule has 0 bridgehead atoms. The molecule has 0 saturated carbocycles. The molecule has 1 saturated heterocycles. The van der Waals surface area contributed by atoms with Crippen molar-refractivity contribution in [3.8, 4) is 0 Å². The van der Waals surface area contributed by atoms with Gasteiger partial charge in [-0.2, -0.15) is 0 Å². The molecule has 2 heteroatoms. The highest BCUT2D eigenvalue weighted by atomic mass is 16.1. The van der Waals surface area contributed by atoms with Crippen LogP contribution in [-0.4, -0.2) is 29.8 Å². The average Bonchev–Trinajstić information content (AvgIpc) is 2.49. The van der Waals surface area contributed by atoms with Gasteiger partial charge in [0.15, 0.2) is 5.78 Å². The number of Topliss-reactive ketones (excluding diaryl/α,β-unsaturated/α-hetero) is 1. The van der Waals surface area contributed by atoms with Gasteiger partial charge in [-0.3, -0.25) is 9.69 Å². The Morgan fingerprint density at radius 3 is 2.38 bits per heavy atom. The zero-order chi connectivity index (χ0) is 15.6. The number of carbonyl (C=O) groups excluding carboxylic acids is 1. The van der Waals surface area contributed by atoms with Gasteiger partial charge in [0.2, 0.25) is 0 Å². The van der Waals surface area contributed by atoms with E-state index in [1.165, 1.54) is 30.4 Å². The molecule has 1 fully saturated rings. The van der Waals surface area contributed by atoms with Crippen molar-refractivity contribution in [3.05, 3.63) is 34.9 Å². The standard InChI is InChI=1S/C19H29NO/c1-6-19(5)9-11-20(12-10-19)16(4)18(21)17-8-7-14(2)15(3)13-17/h7-8,13,16H,6,9-12H2,1-5H3. The molecule has 0 aliphatic carbocycles. The number of carbonyl (C=O) groups is 1. The fourth-order valence-electron chi connectivity index (χ4n) is 3.11. The van der Waals surface area contributed by atoms with Gasteiger partial charge in [-0.15, -0.1) is 0 Å².